The van der Waals surface area contributed by atoms with Crippen LogP contribution in [-0.2, 0) is 16.6 Å². The third kappa shape index (κ3) is 2.88. The molecule has 1 saturated carbocycles. The number of nitrogens with one attached hydrogen (secondary N) is 1. The Bertz CT molecular complexity index is 990. The molecule has 4 nitrogen and oxygen atoms in total. The molecule has 0 radical (unpaired) electrons. The summed E-state index contributed by atoms with van der Waals surface area (Å²) in [4.78, 5) is 10.9. The molecular weight excluding hydrogens is 386 g/mol. The zero-order chi connectivity index (χ0) is 19.0. The van der Waals surface area contributed by atoms with Crippen LogP contribution < -0.4 is 5.32 Å². The standard InChI is InChI=1S/C22H21N3OS2/c26-10-2-9-25-20-13-22(16-6-11-27-14-16,17-7-12-28-15-17)8-5-19(20)21(24-25)23-18-3-1-4-18/h2,5-12,14-15,18H,1,3-4,13H2,(H,23,24). The molecule has 5 rings (SSSR count). The highest BCUT2D eigenvalue weighted by Crippen LogP contribution is 2.44. The van der Waals surface area contributed by atoms with Gasteiger partial charge in [-0.2, -0.15) is 27.8 Å². The van der Waals surface area contributed by atoms with Crippen LogP contribution in [0.15, 0.2) is 45.8 Å². The predicted octanol–water partition coefficient (Wildman–Crippen LogP) is 5.20. The smallest absolute Gasteiger partial charge is 0.156 e. The number of hydrogen-bond donors (Lipinski definition) is 1. The fourth-order valence-corrected chi connectivity index (χ4v) is 5.55. The average Bonchev–Trinajstić information content (AvgIpc) is 3.44. The van der Waals surface area contributed by atoms with E-state index in [0.29, 0.717) is 6.04 Å². The second-order valence-electron chi connectivity index (χ2n) is 7.41. The van der Waals surface area contributed by atoms with E-state index in [1.807, 2.05) is 4.68 Å². The van der Waals surface area contributed by atoms with Gasteiger partial charge in [0.15, 0.2) is 5.82 Å². The number of allylic oxidation sites excluding steroid dienone is 2. The van der Waals surface area contributed by atoms with E-state index in [2.05, 4.69) is 51.1 Å². The topological polar surface area (TPSA) is 46.9 Å². The lowest BCUT2D eigenvalue weighted by Gasteiger charge is -2.33. The zero-order valence-electron chi connectivity index (χ0n) is 15.4. The van der Waals surface area contributed by atoms with Crippen molar-refractivity contribution in [2.75, 3.05) is 5.32 Å². The fraction of sp³-hybridized carbons (Fsp3) is 0.273. The minimum absolute atomic E-state index is 0.201. The van der Waals surface area contributed by atoms with Gasteiger partial charge < -0.3 is 5.32 Å². The van der Waals surface area contributed by atoms with Gasteiger partial charge in [0.25, 0.3) is 0 Å². The third-order valence-corrected chi connectivity index (χ3v) is 7.22. The van der Waals surface area contributed by atoms with Gasteiger partial charge in [-0.1, -0.05) is 12.2 Å². The third-order valence-electron chi connectivity index (χ3n) is 5.86. The van der Waals surface area contributed by atoms with Crippen LogP contribution in [0.1, 0.15) is 41.6 Å². The first-order valence-corrected chi connectivity index (χ1v) is 11.4. The van der Waals surface area contributed by atoms with Crippen molar-refractivity contribution in [3.63, 3.8) is 0 Å². The van der Waals surface area contributed by atoms with Gasteiger partial charge in [-0.15, -0.1) is 0 Å². The molecule has 1 N–H and O–H groups in total. The number of hydrogen-bond acceptors (Lipinski definition) is 5. The van der Waals surface area contributed by atoms with Crippen molar-refractivity contribution in [2.24, 2.45) is 0 Å². The molecular formula is C22H21N3OS2. The highest BCUT2D eigenvalue weighted by molar-refractivity contribution is 7.08. The van der Waals surface area contributed by atoms with Crippen molar-refractivity contribution in [3.05, 3.63) is 68.2 Å². The van der Waals surface area contributed by atoms with Crippen molar-refractivity contribution in [3.8, 4) is 0 Å². The molecule has 0 aliphatic heterocycles. The number of carbonyl (C=O) groups is 1. The van der Waals surface area contributed by atoms with Crippen molar-refractivity contribution in [2.45, 2.75) is 37.1 Å². The summed E-state index contributed by atoms with van der Waals surface area (Å²) in [7, 11) is 0. The Morgan fingerprint density at radius 2 is 1.93 bits per heavy atom. The molecule has 1 fully saturated rings. The summed E-state index contributed by atoms with van der Waals surface area (Å²) in [6.45, 7) is 0. The molecule has 0 spiro atoms. The number of rotatable bonds is 6. The van der Waals surface area contributed by atoms with E-state index < -0.39 is 0 Å². The van der Waals surface area contributed by atoms with E-state index in [1.54, 1.807) is 28.9 Å². The summed E-state index contributed by atoms with van der Waals surface area (Å²) in [5.74, 6) is 0.927. The van der Waals surface area contributed by atoms with Gasteiger partial charge in [0.2, 0.25) is 0 Å². The first kappa shape index (κ1) is 17.6. The molecule has 0 amide bonds. The van der Waals surface area contributed by atoms with Gasteiger partial charge in [-0.3, -0.25) is 4.79 Å². The summed E-state index contributed by atoms with van der Waals surface area (Å²) in [6.07, 6.45) is 13.1. The lowest BCUT2D eigenvalue weighted by Crippen LogP contribution is -2.30. The summed E-state index contributed by atoms with van der Waals surface area (Å²) in [5, 5.41) is 17.1. The fourth-order valence-electron chi connectivity index (χ4n) is 4.07. The number of fused-ring (bicyclic) bond motifs is 1. The number of aldehydes is 1. The van der Waals surface area contributed by atoms with Gasteiger partial charge in [-0.25, -0.2) is 4.68 Å². The number of nitrogens with zero attached hydrogens (tertiary/aromatic N) is 2. The number of anilines is 1. The highest BCUT2D eigenvalue weighted by atomic mass is 32.1. The predicted molar refractivity (Wildman–Crippen MR) is 117 cm³/mol. The Morgan fingerprint density at radius 3 is 2.50 bits per heavy atom. The van der Waals surface area contributed by atoms with E-state index in [-0.39, 0.29) is 5.41 Å². The van der Waals surface area contributed by atoms with Crippen molar-refractivity contribution >= 4 is 47.1 Å². The second-order valence-corrected chi connectivity index (χ2v) is 8.97. The summed E-state index contributed by atoms with van der Waals surface area (Å²) in [6, 6.07) is 4.94. The lowest BCUT2D eigenvalue weighted by atomic mass is 9.70. The van der Waals surface area contributed by atoms with Crippen LogP contribution in [0.3, 0.4) is 0 Å². The van der Waals surface area contributed by atoms with Crippen LogP contribution in [0.2, 0.25) is 0 Å². The monoisotopic (exact) mass is 407 g/mol. The maximum absolute atomic E-state index is 10.9. The molecule has 28 heavy (non-hydrogen) atoms. The van der Waals surface area contributed by atoms with Gasteiger partial charge in [0, 0.05) is 29.6 Å². The molecule has 0 unspecified atom stereocenters. The molecule has 0 saturated heterocycles. The van der Waals surface area contributed by atoms with E-state index in [0.717, 1.165) is 29.8 Å². The van der Waals surface area contributed by atoms with Crippen LogP contribution >= 0.6 is 22.7 Å². The number of thiophene rings is 2. The Morgan fingerprint density at radius 1 is 1.18 bits per heavy atom. The molecule has 2 aliphatic rings. The van der Waals surface area contributed by atoms with Crippen LogP contribution in [0.25, 0.3) is 12.3 Å². The highest BCUT2D eigenvalue weighted by Gasteiger charge is 2.38. The molecule has 6 heteroatoms. The Balaban J connectivity index is 1.62. The Hall–Kier alpha value is -2.44. The van der Waals surface area contributed by atoms with Crippen molar-refractivity contribution in [1.82, 2.24) is 9.78 Å². The molecule has 0 atom stereocenters. The first-order chi connectivity index (χ1) is 13.8. The average molecular weight is 408 g/mol. The van der Waals surface area contributed by atoms with Gasteiger partial charge in [0.1, 0.15) is 6.29 Å². The van der Waals surface area contributed by atoms with Crippen LogP contribution in [0, 0.1) is 0 Å². The van der Waals surface area contributed by atoms with E-state index in [1.165, 1.54) is 36.5 Å². The molecule has 3 aromatic rings. The summed E-state index contributed by atoms with van der Waals surface area (Å²) < 4.78 is 1.88. The minimum atomic E-state index is -0.201. The molecule has 2 aliphatic carbocycles. The van der Waals surface area contributed by atoms with Gasteiger partial charge >= 0.3 is 0 Å². The van der Waals surface area contributed by atoms with Crippen molar-refractivity contribution in [1.29, 1.82) is 0 Å². The van der Waals surface area contributed by atoms with E-state index in [9.17, 15) is 4.79 Å². The van der Waals surface area contributed by atoms with Gasteiger partial charge in [-0.05, 0) is 70.1 Å². The SMILES string of the molecule is O=CC=Cn1nc(NC2CCC2)c2c1CC(c1ccsc1)(c1ccsc1)C=C2. The zero-order valence-corrected chi connectivity index (χ0v) is 17.0. The Kier molecular flexibility index (Phi) is 4.53. The second kappa shape index (κ2) is 7.18. The summed E-state index contributed by atoms with van der Waals surface area (Å²) >= 11 is 3.45. The minimum Gasteiger partial charge on any atom is -0.365 e. The summed E-state index contributed by atoms with van der Waals surface area (Å²) in [5.41, 5.74) is 4.69. The quantitative estimate of drug-likeness (QED) is 0.451. The van der Waals surface area contributed by atoms with E-state index >= 15 is 0 Å². The largest absolute Gasteiger partial charge is 0.365 e. The maximum Gasteiger partial charge on any atom is 0.156 e. The maximum atomic E-state index is 10.9. The van der Waals surface area contributed by atoms with Crippen molar-refractivity contribution < 1.29 is 4.79 Å². The normalized spacial score (nSPS) is 18.1. The van der Waals surface area contributed by atoms with Crippen LogP contribution in [-0.4, -0.2) is 22.1 Å². The number of aromatic nitrogens is 2. The Labute approximate surface area is 172 Å². The first-order valence-electron chi connectivity index (χ1n) is 9.54. The van der Waals surface area contributed by atoms with Crippen LogP contribution in [0.5, 0.6) is 0 Å². The molecule has 0 bridgehead atoms. The van der Waals surface area contributed by atoms with Gasteiger partial charge in [0.05, 0.1) is 5.69 Å². The molecule has 142 valence electrons. The van der Waals surface area contributed by atoms with Crippen LogP contribution in [0.4, 0.5) is 5.82 Å². The lowest BCUT2D eigenvalue weighted by molar-refractivity contribution is -0.104. The molecule has 0 aromatic carbocycles. The van der Waals surface area contributed by atoms with E-state index in [4.69, 9.17) is 5.10 Å². The molecule has 3 aromatic heterocycles. The molecule has 3 heterocycles. The number of carbonyl (C=O) groups excluding carboxylic acids is 1.